The summed E-state index contributed by atoms with van der Waals surface area (Å²) in [4.78, 5) is 4.46. The number of rotatable bonds is 8. The summed E-state index contributed by atoms with van der Waals surface area (Å²) in [7, 11) is 0. The average Bonchev–Trinajstić information content (AvgIpc) is 2.67. The number of aliphatic hydroxyl groups excluding tert-OH is 1. The van der Waals surface area contributed by atoms with Gasteiger partial charge in [0.15, 0.2) is 0 Å². The standard InChI is InChI=1S/C25H26FNO/c1-3-7-19-10-12-21-16-25(27-17-22(21)14-19)23-13-11-20(15-24(23)26)9-6-4-5-8-18(2)28/h3,6,9-18,28H,1,4-5,7-8H2,2H3. The topological polar surface area (TPSA) is 33.1 Å². The van der Waals surface area contributed by atoms with Crippen LogP contribution >= 0.6 is 0 Å². The molecule has 0 aliphatic rings. The number of pyridine rings is 1. The van der Waals surface area contributed by atoms with E-state index in [1.165, 1.54) is 5.56 Å². The number of halogens is 1. The highest BCUT2D eigenvalue weighted by Gasteiger charge is 2.08. The minimum absolute atomic E-state index is 0.270. The third-order valence-corrected chi connectivity index (χ3v) is 4.74. The number of benzene rings is 2. The van der Waals surface area contributed by atoms with Crippen LogP contribution in [0.1, 0.15) is 37.3 Å². The van der Waals surface area contributed by atoms with Gasteiger partial charge in [-0.3, -0.25) is 4.98 Å². The molecule has 0 aliphatic carbocycles. The monoisotopic (exact) mass is 375 g/mol. The van der Waals surface area contributed by atoms with Crippen molar-refractivity contribution >= 4 is 16.8 Å². The summed E-state index contributed by atoms with van der Waals surface area (Å²) < 4.78 is 14.7. The molecule has 0 bridgehead atoms. The normalized spacial score (nSPS) is 12.5. The van der Waals surface area contributed by atoms with Gasteiger partial charge in [-0.05, 0) is 73.4 Å². The number of nitrogens with zero attached hydrogens (tertiary/aromatic N) is 1. The Hall–Kier alpha value is -2.78. The number of unbranched alkanes of at least 4 members (excludes halogenated alkanes) is 1. The van der Waals surface area contributed by atoms with Crippen LogP contribution in [-0.2, 0) is 6.42 Å². The van der Waals surface area contributed by atoms with Crippen LogP contribution in [0.2, 0.25) is 0 Å². The highest BCUT2D eigenvalue weighted by molar-refractivity contribution is 5.86. The van der Waals surface area contributed by atoms with Crippen molar-refractivity contribution in [2.75, 3.05) is 0 Å². The number of hydrogen-bond donors (Lipinski definition) is 1. The van der Waals surface area contributed by atoms with Gasteiger partial charge in [-0.2, -0.15) is 0 Å². The van der Waals surface area contributed by atoms with Gasteiger partial charge in [0, 0.05) is 17.1 Å². The van der Waals surface area contributed by atoms with Crippen LogP contribution in [-0.4, -0.2) is 16.2 Å². The van der Waals surface area contributed by atoms with Crippen molar-refractivity contribution < 1.29 is 9.50 Å². The molecule has 3 rings (SSSR count). The predicted octanol–water partition coefficient (Wildman–Crippen LogP) is 6.33. The summed E-state index contributed by atoms with van der Waals surface area (Å²) in [5.74, 6) is -0.277. The lowest BCUT2D eigenvalue weighted by atomic mass is 10.0. The molecule has 0 saturated carbocycles. The molecule has 1 unspecified atom stereocenters. The average molecular weight is 375 g/mol. The molecule has 144 valence electrons. The fourth-order valence-electron chi connectivity index (χ4n) is 3.23. The fraction of sp³-hybridized carbons (Fsp3) is 0.240. The minimum atomic E-state index is -0.277. The Kier molecular flexibility index (Phi) is 6.72. The third kappa shape index (κ3) is 5.14. The Morgan fingerprint density at radius 1 is 1.14 bits per heavy atom. The Bertz CT molecular complexity index is 991. The smallest absolute Gasteiger partial charge is 0.133 e. The van der Waals surface area contributed by atoms with Gasteiger partial charge in [0.1, 0.15) is 5.82 Å². The van der Waals surface area contributed by atoms with Gasteiger partial charge in [0.2, 0.25) is 0 Å². The molecule has 0 amide bonds. The maximum absolute atomic E-state index is 14.7. The lowest BCUT2D eigenvalue weighted by molar-refractivity contribution is 0.182. The van der Waals surface area contributed by atoms with Crippen molar-refractivity contribution in [3.63, 3.8) is 0 Å². The van der Waals surface area contributed by atoms with Gasteiger partial charge < -0.3 is 5.11 Å². The van der Waals surface area contributed by atoms with Crippen LogP contribution in [0, 0.1) is 5.82 Å². The van der Waals surface area contributed by atoms with Gasteiger partial charge >= 0.3 is 0 Å². The first kappa shape index (κ1) is 20.0. The third-order valence-electron chi connectivity index (χ3n) is 4.74. The molecule has 0 fully saturated rings. The molecule has 1 atom stereocenters. The maximum Gasteiger partial charge on any atom is 0.133 e. The second kappa shape index (κ2) is 9.43. The largest absolute Gasteiger partial charge is 0.393 e. The molecule has 2 aromatic carbocycles. The Balaban J connectivity index is 1.77. The predicted molar refractivity (Wildman–Crippen MR) is 116 cm³/mol. The molecule has 0 radical (unpaired) electrons. The van der Waals surface area contributed by atoms with E-state index < -0.39 is 0 Å². The van der Waals surface area contributed by atoms with Crippen molar-refractivity contribution in [2.24, 2.45) is 0 Å². The number of hydrogen-bond acceptors (Lipinski definition) is 2. The van der Waals surface area contributed by atoms with E-state index in [1.54, 1.807) is 25.3 Å². The molecule has 0 saturated heterocycles. The van der Waals surface area contributed by atoms with E-state index >= 15 is 0 Å². The molecule has 3 aromatic rings. The zero-order valence-corrected chi connectivity index (χ0v) is 16.2. The van der Waals surface area contributed by atoms with E-state index in [9.17, 15) is 9.50 Å². The lowest BCUT2D eigenvalue weighted by Crippen LogP contribution is -1.97. The molecule has 1 heterocycles. The first-order chi connectivity index (χ1) is 13.6. The Morgan fingerprint density at radius 2 is 2.00 bits per heavy atom. The number of allylic oxidation sites excluding steroid dienone is 2. The second-order valence-corrected chi connectivity index (χ2v) is 7.17. The van der Waals surface area contributed by atoms with Gasteiger partial charge in [-0.15, -0.1) is 6.58 Å². The summed E-state index contributed by atoms with van der Waals surface area (Å²) in [6, 6.07) is 13.4. The summed E-state index contributed by atoms with van der Waals surface area (Å²) in [5.41, 5.74) is 3.15. The number of aliphatic hydroxyl groups is 1. The van der Waals surface area contributed by atoms with Crippen LogP contribution in [0.5, 0.6) is 0 Å². The van der Waals surface area contributed by atoms with Crippen LogP contribution in [0.4, 0.5) is 4.39 Å². The van der Waals surface area contributed by atoms with E-state index in [1.807, 2.05) is 36.4 Å². The van der Waals surface area contributed by atoms with Crippen LogP contribution in [0.3, 0.4) is 0 Å². The van der Waals surface area contributed by atoms with Gasteiger partial charge in [0.25, 0.3) is 0 Å². The van der Waals surface area contributed by atoms with Crippen molar-refractivity contribution in [1.29, 1.82) is 0 Å². The molecular formula is C25H26FNO. The van der Waals surface area contributed by atoms with E-state index in [-0.39, 0.29) is 11.9 Å². The number of aromatic nitrogens is 1. The zero-order valence-electron chi connectivity index (χ0n) is 16.2. The highest BCUT2D eigenvalue weighted by atomic mass is 19.1. The second-order valence-electron chi connectivity index (χ2n) is 7.17. The van der Waals surface area contributed by atoms with Gasteiger partial charge in [-0.25, -0.2) is 4.39 Å². The van der Waals surface area contributed by atoms with Crippen LogP contribution in [0.15, 0.2) is 67.4 Å². The summed E-state index contributed by atoms with van der Waals surface area (Å²) >= 11 is 0. The van der Waals surface area contributed by atoms with Gasteiger partial charge in [0.05, 0.1) is 11.8 Å². The zero-order chi connectivity index (χ0) is 19.9. The fourth-order valence-corrected chi connectivity index (χ4v) is 3.23. The molecule has 2 nitrogen and oxygen atoms in total. The van der Waals surface area contributed by atoms with Crippen molar-refractivity contribution in [3.05, 3.63) is 84.3 Å². The molecule has 28 heavy (non-hydrogen) atoms. The first-order valence-electron chi connectivity index (χ1n) is 9.71. The van der Waals surface area contributed by atoms with Crippen molar-refractivity contribution in [3.8, 4) is 11.3 Å². The summed E-state index contributed by atoms with van der Waals surface area (Å²) in [6.45, 7) is 5.56. The van der Waals surface area contributed by atoms with E-state index in [4.69, 9.17) is 0 Å². The SMILES string of the molecule is C=CCc1ccc2cc(-c3ccc(C=CCCCC(C)O)cc3F)ncc2c1. The molecule has 3 heteroatoms. The van der Waals surface area contributed by atoms with Gasteiger partial charge in [-0.1, -0.05) is 36.4 Å². The minimum Gasteiger partial charge on any atom is -0.393 e. The summed E-state index contributed by atoms with van der Waals surface area (Å²) in [5, 5.41) is 11.3. The van der Waals surface area contributed by atoms with E-state index in [0.717, 1.165) is 42.0 Å². The Labute approximate surface area is 166 Å². The molecule has 0 spiro atoms. The van der Waals surface area contributed by atoms with E-state index in [0.29, 0.717) is 11.3 Å². The lowest BCUT2D eigenvalue weighted by Gasteiger charge is -2.07. The van der Waals surface area contributed by atoms with Crippen molar-refractivity contribution in [2.45, 2.75) is 38.7 Å². The maximum atomic E-state index is 14.7. The molecule has 1 aromatic heterocycles. The molecule has 0 aliphatic heterocycles. The van der Waals surface area contributed by atoms with Crippen LogP contribution < -0.4 is 0 Å². The van der Waals surface area contributed by atoms with Crippen LogP contribution in [0.25, 0.3) is 28.1 Å². The molecular weight excluding hydrogens is 349 g/mol. The summed E-state index contributed by atoms with van der Waals surface area (Å²) in [6.07, 6.45) is 10.7. The number of fused-ring (bicyclic) bond motifs is 1. The van der Waals surface area contributed by atoms with E-state index in [2.05, 4.69) is 23.7 Å². The quantitative estimate of drug-likeness (QED) is 0.368. The first-order valence-corrected chi connectivity index (χ1v) is 9.71. The Morgan fingerprint density at radius 3 is 2.75 bits per heavy atom. The van der Waals surface area contributed by atoms with Crippen molar-refractivity contribution in [1.82, 2.24) is 4.98 Å². The highest BCUT2D eigenvalue weighted by Crippen LogP contribution is 2.26. The molecule has 1 N–H and O–H groups in total.